The molecular weight excluding hydrogens is 288 g/mol. The van der Waals surface area contributed by atoms with Crippen molar-refractivity contribution >= 4 is 33.7 Å². The van der Waals surface area contributed by atoms with Gasteiger partial charge in [0.15, 0.2) is 0 Å². The summed E-state index contributed by atoms with van der Waals surface area (Å²) in [5.41, 5.74) is -0.411. The van der Waals surface area contributed by atoms with Gasteiger partial charge in [-0.3, -0.25) is 4.79 Å². The quantitative estimate of drug-likeness (QED) is 0.626. The second-order valence-electron chi connectivity index (χ2n) is 4.31. The number of hydrogen-bond donors (Lipinski definition) is 0. The molecule has 0 N–H and O–H groups in total. The van der Waals surface area contributed by atoms with E-state index in [1.807, 2.05) is 45.0 Å². The van der Waals surface area contributed by atoms with E-state index in [2.05, 4.69) is 15.9 Å². The van der Waals surface area contributed by atoms with Crippen molar-refractivity contribution in [2.24, 2.45) is 0 Å². The van der Waals surface area contributed by atoms with Crippen LogP contribution in [0.1, 0.15) is 20.8 Å². The summed E-state index contributed by atoms with van der Waals surface area (Å²) in [4.78, 5) is 12.5. The molecule has 1 aromatic carbocycles. The average molecular weight is 303 g/mol. The van der Waals surface area contributed by atoms with E-state index < -0.39 is 5.60 Å². The van der Waals surface area contributed by atoms with Crippen LogP contribution < -0.4 is 0 Å². The van der Waals surface area contributed by atoms with Gasteiger partial charge >= 0.3 is 5.97 Å². The van der Waals surface area contributed by atoms with Crippen LogP contribution in [0.2, 0.25) is 0 Å². The first-order valence-corrected chi connectivity index (χ1v) is 6.75. The molecule has 4 heteroatoms. The van der Waals surface area contributed by atoms with E-state index in [1.54, 1.807) is 0 Å². The third-order valence-electron chi connectivity index (χ3n) is 1.60. The number of esters is 1. The normalized spacial score (nSPS) is 11.2. The molecule has 0 aliphatic carbocycles. The zero-order valence-electron chi connectivity index (χ0n) is 9.62. The number of rotatable bonds is 3. The second-order valence-corrected chi connectivity index (χ2v) is 6.18. The lowest BCUT2D eigenvalue weighted by molar-refractivity contribution is -0.151. The third-order valence-corrected chi connectivity index (χ3v) is 3.60. The SMILES string of the molecule is CC(C)(C)OC(=O)CSc1ccccc1Br. The number of hydrogen-bond acceptors (Lipinski definition) is 3. The molecule has 1 rings (SSSR count). The lowest BCUT2D eigenvalue weighted by Crippen LogP contribution is -2.24. The van der Waals surface area contributed by atoms with Crippen LogP contribution in [-0.4, -0.2) is 17.3 Å². The van der Waals surface area contributed by atoms with Crippen LogP contribution in [0.15, 0.2) is 33.6 Å². The van der Waals surface area contributed by atoms with E-state index >= 15 is 0 Å². The Morgan fingerprint density at radius 3 is 2.56 bits per heavy atom. The highest BCUT2D eigenvalue weighted by Crippen LogP contribution is 2.27. The van der Waals surface area contributed by atoms with Gasteiger partial charge in [-0.2, -0.15) is 0 Å². The Morgan fingerprint density at radius 2 is 2.00 bits per heavy atom. The predicted molar refractivity (Wildman–Crippen MR) is 70.7 cm³/mol. The molecule has 0 aromatic heterocycles. The molecule has 0 fully saturated rings. The summed E-state index contributed by atoms with van der Waals surface area (Å²) >= 11 is 4.91. The molecule has 0 amide bonds. The van der Waals surface area contributed by atoms with Gasteiger partial charge in [-0.15, -0.1) is 11.8 Å². The molecule has 88 valence electrons. The highest BCUT2D eigenvalue weighted by Gasteiger charge is 2.16. The minimum atomic E-state index is -0.411. The molecule has 0 heterocycles. The molecule has 0 saturated heterocycles. The van der Waals surface area contributed by atoms with Crippen LogP contribution in [0.5, 0.6) is 0 Å². The number of ether oxygens (including phenoxy) is 1. The van der Waals surface area contributed by atoms with Crippen molar-refractivity contribution in [2.75, 3.05) is 5.75 Å². The Balaban J connectivity index is 2.47. The van der Waals surface area contributed by atoms with Gasteiger partial charge in [-0.25, -0.2) is 0 Å². The Labute approximate surface area is 109 Å². The van der Waals surface area contributed by atoms with Crippen LogP contribution in [0.25, 0.3) is 0 Å². The Hall–Kier alpha value is -0.480. The van der Waals surface area contributed by atoms with Gasteiger partial charge in [0.2, 0.25) is 0 Å². The predicted octanol–water partition coefficient (Wildman–Crippen LogP) is 3.88. The van der Waals surface area contributed by atoms with Crippen molar-refractivity contribution in [2.45, 2.75) is 31.3 Å². The summed E-state index contributed by atoms with van der Waals surface area (Å²) in [7, 11) is 0. The van der Waals surface area contributed by atoms with E-state index in [-0.39, 0.29) is 5.97 Å². The van der Waals surface area contributed by atoms with Crippen molar-refractivity contribution in [3.63, 3.8) is 0 Å². The zero-order chi connectivity index (χ0) is 12.2. The topological polar surface area (TPSA) is 26.3 Å². The second kappa shape index (κ2) is 5.73. The number of thioether (sulfide) groups is 1. The van der Waals surface area contributed by atoms with Gasteiger partial charge < -0.3 is 4.74 Å². The molecular formula is C12H15BrO2S. The van der Waals surface area contributed by atoms with Gasteiger partial charge in [0.05, 0.1) is 5.75 Å². The fourth-order valence-corrected chi connectivity index (χ4v) is 2.41. The van der Waals surface area contributed by atoms with Crippen molar-refractivity contribution < 1.29 is 9.53 Å². The first-order valence-electron chi connectivity index (χ1n) is 4.98. The Morgan fingerprint density at radius 1 is 1.38 bits per heavy atom. The van der Waals surface area contributed by atoms with Gasteiger partial charge in [0.1, 0.15) is 5.60 Å². The summed E-state index contributed by atoms with van der Waals surface area (Å²) in [5.74, 6) is 0.146. The Bertz CT molecular complexity index is 372. The minimum absolute atomic E-state index is 0.187. The molecule has 0 saturated carbocycles. The van der Waals surface area contributed by atoms with Crippen molar-refractivity contribution in [1.29, 1.82) is 0 Å². The van der Waals surface area contributed by atoms with Crippen LogP contribution >= 0.6 is 27.7 Å². The van der Waals surface area contributed by atoms with Crippen LogP contribution in [0, 0.1) is 0 Å². The molecule has 2 nitrogen and oxygen atoms in total. The summed E-state index contributed by atoms with van der Waals surface area (Å²) in [5, 5.41) is 0. The first-order chi connectivity index (χ1) is 7.38. The molecule has 0 atom stereocenters. The first kappa shape index (κ1) is 13.6. The number of carbonyl (C=O) groups is 1. The fourth-order valence-electron chi connectivity index (χ4n) is 1.07. The maximum Gasteiger partial charge on any atom is 0.316 e. The van der Waals surface area contributed by atoms with Crippen LogP contribution in [-0.2, 0) is 9.53 Å². The standard InChI is InChI=1S/C12H15BrO2S/c1-12(2,3)15-11(14)8-16-10-7-5-4-6-9(10)13/h4-7H,8H2,1-3H3. The molecule has 0 unspecified atom stereocenters. The summed E-state index contributed by atoms with van der Waals surface area (Å²) in [6.45, 7) is 5.61. The van der Waals surface area contributed by atoms with Crippen molar-refractivity contribution in [1.82, 2.24) is 0 Å². The van der Waals surface area contributed by atoms with E-state index in [0.717, 1.165) is 9.37 Å². The molecule has 0 aliphatic heterocycles. The Kier molecular flexibility index (Phi) is 4.87. The molecule has 16 heavy (non-hydrogen) atoms. The number of carbonyl (C=O) groups excluding carboxylic acids is 1. The van der Waals surface area contributed by atoms with E-state index in [1.165, 1.54) is 11.8 Å². The van der Waals surface area contributed by atoms with Crippen LogP contribution in [0.3, 0.4) is 0 Å². The summed E-state index contributed by atoms with van der Waals surface area (Å²) in [6.07, 6.45) is 0. The van der Waals surface area contributed by atoms with Gasteiger partial charge in [-0.1, -0.05) is 12.1 Å². The average Bonchev–Trinajstić information content (AvgIpc) is 2.14. The number of benzene rings is 1. The highest BCUT2D eigenvalue weighted by atomic mass is 79.9. The summed E-state index contributed by atoms with van der Waals surface area (Å²) in [6, 6.07) is 7.82. The maximum absolute atomic E-state index is 11.5. The van der Waals surface area contributed by atoms with E-state index in [9.17, 15) is 4.79 Å². The zero-order valence-corrected chi connectivity index (χ0v) is 12.0. The van der Waals surface area contributed by atoms with Crippen molar-refractivity contribution in [3.05, 3.63) is 28.7 Å². The lowest BCUT2D eigenvalue weighted by atomic mass is 10.2. The third kappa shape index (κ3) is 5.03. The van der Waals surface area contributed by atoms with Crippen molar-refractivity contribution in [3.8, 4) is 0 Å². The minimum Gasteiger partial charge on any atom is -0.459 e. The highest BCUT2D eigenvalue weighted by molar-refractivity contribution is 9.10. The largest absolute Gasteiger partial charge is 0.459 e. The molecule has 0 aliphatic rings. The van der Waals surface area contributed by atoms with Crippen LogP contribution in [0.4, 0.5) is 0 Å². The smallest absolute Gasteiger partial charge is 0.316 e. The molecule has 1 aromatic rings. The summed E-state index contributed by atoms with van der Waals surface area (Å²) < 4.78 is 6.23. The maximum atomic E-state index is 11.5. The fraction of sp³-hybridized carbons (Fsp3) is 0.417. The molecule has 0 bridgehead atoms. The number of halogens is 1. The molecule has 0 radical (unpaired) electrons. The van der Waals surface area contributed by atoms with Gasteiger partial charge in [-0.05, 0) is 48.8 Å². The van der Waals surface area contributed by atoms with Gasteiger partial charge in [0.25, 0.3) is 0 Å². The van der Waals surface area contributed by atoms with E-state index in [4.69, 9.17) is 4.74 Å². The molecule has 0 spiro atoms. The van der Waals surface area contributed by atoms with E-state index in [0.29, 0.717) is 5.75 Å². The van der Waals surface area contributed by atoms with Gasteiger partial charge in [0, 0.05) is 9.37 Å². The lowest BCUT2D eigenvalue weighted by Gasteiger charge is -2.19. The monoisotopic (exact) mass is 302 g/mol.